The summed E-state index contributed by atoms with van der Waals surface area (Å²) in [7, 11) is 0. The Morgan fingerprint density at radius 2 is 1.50 bits per heavy atom. The quantitative estimate of drug-likeness (QED) is 0.681. The van der Waals surface area contributed by atoms with Gasteiger partial charge in [0.05, 0.1) is 0 Å². The molecule has 0 saturated carbocycles. The van der Waals surface area contributed by atoms with Gasteiger partial charge in [0.25, 0.3) is 0 Å². The summed E-state index contributed by atoms with van der Waals surface area (Å²) in [5.41, 5.74) is 4.83. The molecule has 2 aromatic rings. The summed E-state index contributed by atoms with van der Waals surface area (Å²) in [6, 6.07) is 14.6. The van der Waals surface area contributed by atoms with Crippen LogP contribution >= 0.6 is 15.9 Å². The molecule has 2 aromatic carbocycles. The Hall–Kier alpha value is -1.41. The van der Waals surface area contributed by atoms with Gasteiger partial charge < -0.3 is 0 Å². The van der Waals surface area contributed by atoms with Gasteiger partial charge in [-0.1, -0.05) is 46.3 Å². The molecule has 0 saturated heterocycles. The molecule has 1 nitrogen and oxygen atoms in total. The van der Waals surface area contributed by atoms with Crippen molar-refractivity contribution in [3.05, 3.63) is 69.2 Å². The molecule has 3 rings (SSSR count). The molecule has 0 radical (unpaired) electrons. The first-order valence-corrected chi connectivity index (χ1v) is 7.92. The van der Waals surface area contributed by atoms with Crippen LogP contribution in [0, 0.1) is 0 Å². The van der Waals surface area contributed by atoms with Gasteiger partial charge >= 0.3 is 0 Å². The van der Waals surface area contributed by atoms with Gasteiger partial charge in [0, 0.05) is 16.5 Å². The minimum absolute atomic E-state index is 0.262. The average molecular weight is 329 g/mol. The molecule has 102 valence electrons. The number of benzene rings is 2. The number of carbonyl (C=O) groups excluding carboxylic acids is 1. The van der Waals surface area contributed by atoms with Crippen molar-refractivity contribution in [2.45, 2.75) is 32.1 Å². The molecular weight excluding hydrogens is 312 g/mol. The number of halogens is 1. The standard InChI is InChI=1S/C18H17BrO/c19-16-10-8-15-7-3-6-13-4-1-2-5-14(13)9-11-18(20)17(15)12-16/h1-2,4-5,8,10,12H,3,6-7,9,11H2. The Labute approximate surface area is 128 Å². The average Bonchev–Trinajstić information content (AvgIpc) is 2.47. The van der Waals surface area contributed by atoms with Crippen molar-refractivity contribution in [3.8, 4) is 0 Å². The van der Waals surface area contributed by atoms with Gasteiger partial charge in [-0.25, -0.2) is 0 Å². The lowest BCUT2D eigenvalue weighted by Gasteiger charge is -2.14. The van der Waals surface area contributed by atoms with E-state index >= 15 is 0 Å². The van der Waals surface area contributed by atoms with Gasteiger partial charge in [-0.15, -0.1) is 0 Å². The van der Waals surface area contributed by atoms with E-state index in [4.69, 9.17) is 0 Å². The van der Waals surface area contributed by atoms with Gasteiger partial charge in [0.2, 0.25) is 0 Å². The molecule has 0 bridgehead atoms. The molecule has 0 unspecified atom stereocenters. The van der Waals surface area contributed by atoms with Crippen LogP contribution in [0.4, 0.5) is 0 Å². The zero-order valence-electron chi connectivity index (χ0n) is 11.4. The first kappa shape index (κ1) is 13.6. The van der Waals surface area contributed by atoms with E-state index < -0.39 is 0 Å². The third-order valence-corrected chi connectivity index (χ3v) is 4.50. The molecule has 1 aliphatic carbocycles. The van der Waals surface area contributed by atoms with Crippen LogP contribution in [0.5, 0.6) is 0 Å². The zero-order valence-corrected chi connectivity index (χ0v) is 12.9. The summed E-state index contributed by atoms with van der Waals surface area (Å²) in [6.45, 7) is 0. The zero-order chi connectivity index (χ0) is 13.9. The number of ketones is 1. The lowest BCUT2D eigenvalue weighted by atomic mass is 9.90. The normalized spacial score (nSPS) is 15.3. The SMILES string of the molecule is O=C1CCc2ccccc2CCCc2ccc(Br)cc21. The number of hydrogen-bond acceptors (Lipinski definition) is 1. The van der Waals surface area contributed by atoms with Crippen LogP contribution in [-0.2, 0) is 19.3 Å². The molecule has 1 aliphatic rings. The van der Waals surface area contributed by atoms with E-state index in [0.29, 0.717) is 6.42 Å². The van der Waals surface area contributed by atoms with Gasteiger partial charge in [0.1, 0.15) is 0 Å². The predicted octanol–water partition coefficient (Wildman–Crippen LogP) is 4.75. The summed E-state index contributed by atoms with van der Waals surface area (Å²) < 4.78 is 0.988. The van der Waals surface area contributed by atoms with Crippen molar-refractivity contribution in [1.29, 1.82) is 0 Å². The second-order valence-corrected chi connectivity index (χ2v) is 6.26. The van der Waals surface area contributed by atoms with Crippen molar-refractivity contribution in [1.82, 2.24) is 0 Å². The number of fused-ring (bicyclic) bond motifs is 2. The molecule has 0 heterocycles. The fourth-order valence-corrected chi connectivity index (χ4v) is 3.28. The lowest BCUT2D eigenvalue weighted by Crippen LogP contribution is -2.09. The first-order chi connectivity index (χ1) is 9.74. The number of hydrogen-bond donors (Lipinski definition) is 0. The van der Waals surface area contributed by atoms with Gasteiger partial charge in [-0.05, 0) is 54.5 Å². The molecule has 0 atom stereocenters. The third-order valence-electron chi connectivity index (χ3n) is 4.00. The van der Waals surface area contributed by atoms with Crippen LogP contribution in [0.1, 0.15) is 39.9 Å². The largest absolute Gasteiger partial charge is 0.294 e. The third kappa shape index (κ3) is 2.85. The second-order valence-electron chi connectivity index (χ2n) is 5.35. The smallest absolute Gasteiger partial charge is 0.163 e. The van der Waals surface area contributed by atoms with Crippen molar-refractivity contribution >= 4 is 21.7 Å². The highest BCUT2D eigenvalue weighted by molar-refractivity contribution is 9.10. The van der Waals surface area contributed by atoms with Gasteiger partial charge in [0.15, 0.2) is 5.78 Å². The minimum atomic E-state index is 0.262. The van der Waals surface area contributed by atoms with Crippen molar-refractivity contribution in [2.24, 2.45) is 0 Å². The molecule has 0 N–H and O–H groups in total. The predicted molar refractivity (Wildman–Crippen MR) is 85.3 cm³/mol. The molecule has 0 fully saturated rings. The number of rotatable bonds is 0. The fourth-order valence-electron chi connectivity index (χ4n) is 2.92. The Morgan fingerprint density at radius 1 is 0.800 bits per heavy atom. The van der Waals surface area contributed by atoms with Crippen molar-refractivity contribution in [3.63, 3.8) is 0 Å². The molecule has 0 aromatic heterocycles. The van der Waals surface area contributed by atoms with Crippen molar-refractivity contribution < 1.29 is 4.79 Å². The first-order valence-electron chi connectivity index (χ1n) is 7.12. The number of carbonyl (C=O) groups is 1. The van der Waals surface area contributed by atoms with E-state index in [1.54, 1.807) is 0 Å². The van der Waals surface area contributed by atoms with E-state index in [-0.39, 0.29) is 5.78 Å². The molecule has 2 heteroatoms. The van der Waals surface area contributed by atoms with E-state index in [9.17, 15) is 4.79 Å². The second kappa shape index (κ2) is 5.92. The topological polar surface area (TPSA) is 17.1 Å². The van der Waals surface area contributed by atoms with Crippen LogP contribution < -0.4 is 0 Å². The molecular formula is C18H17BrO. The summed E-state index contributed by atoms with van der Waals surface area (Å²) >= 11 is 3.47. The maximum atomic E-state index is 12.5. The minimum Gasteiger partial charge on any atom is -0.294 e. The fraction of sp³-hybridized carbons (Fsp3) is 0.278. The number of aryl methyl sites for hydroxylation is 3. The van der Waals surface area contributed by atoms with E-state index in [1.807, 2.05) is 12.1 Å². The number of Topliss-reactive ketones (excluding diaryl/α,β-unsaturated/α-hetero) is 1. The summed E-state index contributed by atoms with van der Waals surface area (Å²) in [5.74, 6) is 0.262. The lowest BCUT2D eigenvalue weighted by molar-refractivity contribution is 0.0981. The van der Waals surface area contributed by atoms with Gasteiger partial charge in [-0.3, -0.25) is 4.79 Å². The van der Waals surface area contributed by atoms with Crippen LogP contribution in [0.3, 0.4) is 0 Å². The summed E-state index contributed by atoms with van der Waals surface area (Å²) in [4.78, 5) is 12.5. The van der Waals surface area contributed by atoms with Crippen LogP contribution in [0.2, 0.25) is 0 Å². The van der Waals surface area contributed by atoms with Gasteiger partial charge in [-0.2, -0.15) is 0 Å². The maximum absolute atomic E-state index is 12.5. The monoisotopic (exact) mass is 328 g/mol. The Balaban J connectivity index is 1.94. The highest BCUT2D eigenvalue weighted by Gasteiger charge is 2.15. The van der Waals surface area contributed by atoms with Crippen LogP contribution in [0.15, 0.2) is 46.9 Å². The Bertz CT molecular complexity index is 646. The highest BCUT2D eigenvalue weighted by Crippen LogP contribution is 2.23. The van der Waals surface area contributed by atoms with Crippen LogP contribution in [0.25, 0.3) is 0 Å². The molecule has 20 heavy (non-hydrogen) atoms. The Morgan fingerprint density at radius 3 is 2.30 bits per heavy atom. The van der Waals surface area contributed by atoms with Crippen molar-refractivity contribution in [2.75, 3.05) is 0 Å². The highest BCUT2D eigenvalue weighted by atomic mass is 79.9. The van der Waals surface area contributed by atoms with E-state index in [2.05, 4.69) is 46.3 Å². The molecule has 0 amide bonds. The summed E-state index contributed by atoms with van der Waals surface area (Å²) in [5, 5.41) is 0. The molecule has 0 aliphatic heterocycles. The Kier molecular flexibility index (Phi) is 4.02. The van der Waals surface area contributed by atoms with E-state index in [1.165, 1.54) is 16.7 Å². The maximum Gasteiger partial charge on any atom is 0.163 e. The van der Waals surface area contributed by atoms with Crippen LogP contribution in [-0.4, -0.2) is 5.78 Å². The van der Waals surface area contributed by atoms with E-state index in [0.717, 1.165) is 35.7 Å². The summed E-state index contributed by atoms with van der Waals surface area (Å²) in [6.07, 6.45) is 4.61. The molecule has 0 spiro atoms.